The minimum atomic E-state index is 0.501. The molecule has 5 nitrogen and oxygen atoms in total. The number of nitrogens with zero attached hydrogens (tertiary/aromatic N) is 2. The highest BCUT2D eigenvalue weighted by Gasteiger charge is 2.04. The summed E-state index contributed by atoms with van der Waals surface area (Å²) in [6, 6.07) is 1.81. The summed E-state index contributed by atoms with van der Waals surface area (Å²) < 4.78 is 4.99. The molecule has 1 rings (SSSR count). The van der Waals surface area contributed by atoms with Crippen molar-refractivity contribution in [3.8, 4) is 0 Å². The molecule has 0 bridgehead atoms. The molecule has 1 aromatic heterocycles. The van der Waals surface area contributed by atoms with Crippen LogP contribution in [0.5, 0.6) is 0 Å². The van der Waals surface area contributed by atoms with Crippen LogP contribution in [0, 0.1) is 6.92 Å². The molecule has 0 saturated carbocycles. The van der Waals surface area contributed by atoms with E-state index in [1.807, 2.05) is 13.0 Å². The molecule has 1 heterocycles. The quantitative estimate of drug-likeness (QED) is 0.552. The number of ether oxygens (including phenoxy) is 1. The fourth-order valence-corrected chi connectivity index (χ4v) is 0.984. The number of methoxy groups -OCH3 is 1. The number of hydrogen-bond acceptors (Lipinski definition) is 5. The molecule has 1 aromatic rings. The molecule has 0 radical (unpaired) electrons. The van der Waals surface area contributed by atoms with Crippen LogP contribution in [-0.4, -0.2) is 24.1 Å². The molecular formula is C9H14N4O. The van der Waals surface area contributed by atoms with E-state index in [2.05, 4.69) is 27.4 Å². The average Bonchev–Trinajstić information content (AvgIpc) is 2.16. The fraction of sp³-hybridized carbons (Fsp3) is 0.333. The van der Waals surface area contributed by atoms with Gasteiger partial charge in [-0.2, -0.15) is 0 Å². The van der Waals surface area contributed by atoms with Crippen LogP contribution in [0.4, 0.5) is 5.95 Å². The second-order valence-corrected chi connectivity index (χ2v) is 2.72. The van der Waals surface area contributed by atoms with E-state index >= 15 is 0 Å². The maximum atomic E-state index is 4.99. The van der Waals surface area contributed by atoms with E-state index in [4.69, 9.17) is 4.74 Å². The van der Waals surface area contributed by atoms with Crippen LogP contribution in [0.25, 0.3) is 5.76 Å². The van der Waals surface area contributed by atoms with Gasteiger partial charge in [0.05, 0.1) is 7.11 Å². The van der Waals surface area contributed by atoms with Crippen molar-refractivity contribution in [2.75, 3.05) is 19.6 Å². The number of aryl methyl sites for hydroxylation is 1. The van der Waals surface area contributed by atoms with Crippen LogP contribution in [0.2, 0.25) is 0 Å². The first kappa shape index (κ1) is 10.5. The molecule has 0 aliphatic rings. The van der Waals surface area contributed by atoms with Crippen molar-refractivity contribution >= 4 is 11.7 Å². The highest BCUT2D eigenvalue weighted by atomic mass is 16.5. The molecule has 0 aromatic carbocycles. The van der Waals surface area contributed by atoms with Gasteiger partial charge in [0, 0.05) is 12.7 Å². The number of rotatable bonds is 4. The Bertz CT molecular complexity index is 338. The Hall–Kier alpha value is -1.62. The van der Waals surface area contributed by atoms with E-state index in [1.54, 1.807) is 14.2 Å². The van der Waals surface area contributed by atoms with E-state index in [-0.39, 0.29) is 0 Å². The largest absolute Gasteiger partial charge is 0.495 e. The van der Waals surface area contributed by atoms with Gasteiger partial charge >= 0.3 is 0 Å². The van der Waals surface area contributed by atoms with Gasteiger partial charge in [0.25, 0.3) is 0 Å². The number of hydrazine groups is 1. The van der Waals surface area contributed by atoms with Gasteiger partial charge in [0.2, 0.25) is 5.95 Å². The Balaban J connectivity index is 3.00. The Morgan fingerprint density at radius 2 is 2.21 bits per heavy atom. The lowest BCUT2D eigenvalue weighted by molar-refractivity contribution is 0.369. The minimum Gasteiger partial charge on any atom is -0.495 e. The van der Waals surface area contributed by atoms with Crippen molar-refractivity contribution in [3.05, 3.63) is 24.0 Å². The number of aromatic nitrogens is 2. The first-order chi connectivity index (χ1) is 6.67. The molecule has 0 atom stereocenters. The summed E-state index contributed by atoms with van der Waals surface area (Å²) in [5.74, 6) is 1.02. The van der Waals surface area contributed by atoms with Crippen molar-refractivity contribution < 1.29 is 4.74 Å². The zero-order chi connectivity index (χ0) is 10.6. The van der Waals surface area contributed by atoms with E-state index in [0.717, 1.165) is 5.69 Å². The first-order valence-electron chi connectivity index (χ1n) is 4.19. The topological polar surface area (TPSA) is 59.1 Å². The van der Waals surface area contributed by atoms with Crippen molar-refractivity contribution in [2.45, 2.75) is 6.92 Å². The van der Waals surface area contributed by atoms with Crippen LogP contribution in [0.15, 0.2) is 12.6 Å². The Morgan fingerprint density at radius 1 is 1.50 bits per heavy atom. The van der Waals surface area contributed by atoms with E-state index < -0.39 is 0 Å². The molecule has 76 valence electrons. The van der Waals surface area contributed by atoms with Gasteiger partial charge < -0.3 is 4.74 Å². The van der Waals surface area contributed by atoms with Gasteiger partial charge in [-0.3, -0.25) is 5.43 Å². The maximum Gasteiger partial charge on any atom is 0.238 e. The molecule has 0 aliphatic heterocycles. The lowest BCUT2D eigenvalue weighted by atomic mass is 10.3. The van der Waals surface area contributed by atoms with Crippen molar-refractivity contribution in [1.82, 2.24) is 15.4 Å². The standard InChI is InChI=1S/C9H14N4O/c1-6-5-8(7(2)14-4)12-9(11-6)13-10-3/h5,10H,2H2,1,3-4H3,(H,11,12,13). The Labute approximate surface area is 83.2 Å². The van der Waals surface area contributed by atoms with E-state index in [9.17, 15) is 0 Å². The van der Waals surface area contributed by atoms with Crippen LogP contribution in [-0.2, 0) is 4.74 Å². The molecule has 0 amide bonds. The lowest BCUT2D eigenvalue weighted by Gasteiger charge is -2.07. The predicted octanol–water partition coefficient (Wildman–Crippen LogP) is 0.948. The summed E-state index contributed by atoms with van der Waals surface area (Å²) in [4.78, 5) is 8.34. The smallest absolute Gasteiger partial charge is 0.238 e. The highest BCUT2D eigenvalue weighted by molar-refractivity contribution is 5.54. The summed E-state index contributed by atoms with van der Waals surface area (Å²) >= 11 is 0. The van der Waals surface area contributed by atoms with Gasteiger partial charge in [0.1, 0.15) is 11.5 Å². The maximum absolute atomic E-state index is 4.99. The molecule has 0 fully saturated rings. The molecule has 0 saturated heterocycles. The second kappa shape index (κ2) is 4.57. The van der Waals surface area contributed by atoms with Gasteiger partial charge in [0.15, 0.2) is 0 Å². The van der Waals surface area contributed by atoms with Gasteiger partial charge in [-0.05, 0) is 13.0 Å². The molecule has 0 spiro atoms. The third-order valence-corrected chi connectivity index (χ3v) is 1.62. The summed E-state index contributed by atoms with van der Waals surface area (Å²) in [7, 11) is 3.31. The second-order valence-electron chi connectivity index (χ2n) is 2.72. The summed E-state index contributed by atoms with van der Waals surface area (Å²) in [6.45, 7) is 5.61. The predicted molar refractivity (Wildman–Crippen MR) is 55.5 cm³/mol. The van der Waals surface area contributed by atoms with Crippen LogP contribution >= 0.6 is 0 Å². The van der Waals surface area contributed by atoms with Crippen molar-refractivity contribution in [3.63, 3.8) is 0 Å². The molecular weight excluding hydrogens is 180 g/mol. The van der Waals surface area contributed by atoms with E-state index in [0.29, 0.717) is 17.4 Å². The lowest BCUT2D eigenvalue weighted by Crippen LogP contribution is -2.18. The highest BCUT2D eigenvalue weighted by Crippen LogP contribution is 2.12. The first-order valence-corrected chi connectivity index (χ1v) is 4.19. The fourth-order valence-electron chi connectivity index (χ4n) is 0.984. The molecule has 14 heavy (non-hydrogen) atoms. The van der Waals surface area contributed by atoms with Gasteiger partial charge in [-0.15, -0.1) is 0 Å². The zero-order valence-electron chi connectivity index (χ0n) is 8.59. The molecule has 2 N–H and O–H groups in total. The number of anilines is 1. The normalized spacial score (nSPS) is 9.64. The summed E-state index contributed by atoms with van der Waals surface area (Å²) in [6.07, 6.45) is 0. The third kappa shape index (κ3) is 2.43. The Kier molecular flexibility index (Phi) is 3.41. The number of nitrogens with one attached hydrogen (secondary N) is 2. The van der Waals surface area contributed by atoms with Gasteiger partial charge in [-0.1, -0.05) is 6.58 Å². The minimum absolute atomic E-state index is 0.501. The summed E-state index contributed by atoms with van der Waals surface area (Å²) in [5, 5.41) is 0. The molecule has 0 unspecified atom stereocenters. The molecule has 0 aliphatic carbocycles. The van der Waals surface area contributed by atoms with Gasteiger partial charge in [-0.25, -0.2) is 15.4 Å². The third-order valence-electron chi connectivity index (χ3n) is 1.62. The average molecular weight is 194 g/mol. The van der Waals surface area contributed by atoms with Crippen molar-refractivity contribution in [1.29, 1.82) is 0 Å². The van der Waals surface area contributed by atoms with Crippen LogP contribution in [0.3, 0.4) is 0 Å². The van der Waals surface area contributed by atoms with E-state index in [1.165, 1.54) is 0 Å². The zero-order valence-corrected chi connectivity index (χ0v) is 8.59. The number of hydrogen-bond donors (Lipinski definition) is 2. The molecule has 5 heteroatoms. The Morgan fingerprint density at radius 3 is 2.79 bits per heavy atom. The van der Waals surface area contributed by atoms with Crippen molar-refractivity contribution in [2.24, 2.45) is 0 Å². The van der Waals surface area contributed by atoms with Crippen LogP contribution < -0.4 is 10.9 Å². The SMILES string of the molecule is C=C(OC)c1cc(C)nc(NNC)n1. The van der Waals surface area contributed by atoms with Crippen LogP contribution in [0.1, 0.15) is 11.4 Å². The summed E-state index contributed by atoms with van der Waals surface area (Å²) in [5.41, 5.74) is 7.08. The monoisotopic (exact) mass is 194 g/mol.